The van der Waals surface area contributed by atoms with E-state index in [0.717, 1.165) is 27.8 Å². The van der Waals surface area contributed by atoms with Gasteiger partial charge in [-0.3, -0.25) is 9.36 Å². The summed E-state index contributed by atoms with van der Waals surface area (Å²) >= 11 is 4.43. The van der Waals surface area contributed by atoms with Crippen LogP contribution in [0.3, 0.4) is 0 Å². The molecule has 0 unspecified atom stereocenters. The molecule has 0 saturated heterocycles. The molecule has 0 radical (unpaired) electrons. The third-order valence-corrected chi connectivity index (χ3v) is 5.31. The molecule has 7 nitrogen and oxygen atoms in total. The number of nitrogens with one attached hydrogen (secondary N) is 1. The maximum absolute atomic E-state index is 11.7. The number of aryl methyl sites for hydroxylation is 1. The van der Waals surface area contributed by atoms with E-state index in [2.05, 4.69) is 27.8 Å². The number of hydrogen-bond donors (Lipinski definition) is 4. The number of rotatable bonds is 2. The van der Waals surface area contributed by atoms with Crippen molar-refractivity contribution in [3.8, 4) is 28.6 Å². The Morgan fingerprint density at radius 3 is 2.50 bits per heavy atom. The molecule has 0 aliphatic rings. The van der Waals surface area contributed by atoms with Crippen molar-refractivity contribution in [2.75, 3.05) is 0 Å². The van der Waals surface area contributed by atoms with E-state index in [4.69, 9.17) is 0 Å². The first kappa shape index (κ1) is 18.1. The number of aromatic amines is 1. The quantitative estimate of drug-likeness (QED) is 0.390. The minimum absolute atomic E-state index is 0.0381. The van der Waals surface area contributed by atoms with Crippen LogP contribution in [0, 0.1) is 20.8 Å². The molecular formula is C20H18N4O3S. The highest BCUT2D eigenvalue weighted by Crippen LogP contribution is 2.36. The minimum atomic E-state index is -0.229. The van der Waals surface area contributed by atoms with Gasteiger partial charge in [0.15, 0.2) is 11.0 Å². The molecule has 0 fully saturated rings. The molecule has 2 aromatic heterocycles. The molecule has 0 aliphatic heterocycles. The molecular weight excluding hydrogens is 376 g/mol. The van der Waals surface area contributed by atoms with Gasteiger partial charge >= 0.3 is 0 Å². The van der Waals surface area contributed by atoms with E-state index in [1.165, 1.54) is 12.1 Å². The second-order valence-electron chi connectivity index (χ2n) is 6.74. The second kappa shape index (κ2) is 6.42. The average molecular weight is 394 g/mol. The Bertz CT molecular complexity index is 1310. The number of fused-ring (bicyclic) bond motifs is 1. The van der Waals surface area contributed by atoms with Crippen LogP contribution in [0.2, 0.25) is 0 Å². The van der Waals surface area contributed by atoms with Gasteiger partial charge in [-0.25, -0.2) is 0 Å². The van der Waals surface area contributed by atoms with E-state index in [9.17, 15) is 15.0 Å². The zero-order valence-corrected chi connectivity index (χ0v) is 16.4. The molecule has 2 heterocycles. The van der Waals surface area contributed by atoms with Crippen LogP contribution >= 0.6 is 12.6 Å². The highest BCUT2D eigenvalue weighted by atomic mass is 32.1. The van der Waals surface area contributed by atoms with E-state index in [0.29, 0.717) is 22.1 Å². The largest absolute Gasteiger partial charge is 0.508 e. The molecule has 0 bridgehead atoms. The maximum atomic E-state index is 11.7. The number of benzene rings is 2. The van der Waals surface area contributed by atoms with E-state index in [1.54, 1.807) is 22.8 Å². The Kier molecular flexibility index (Phi) is 4.15. The summed E-state index contributed by atoms with van der Waals surface area (Å²) in [6.07, 6.45) is 0. The summed E-state index contributed by atoms with van der Waals surface area (Å²) in [5.41, 5.74) is 3.89. The van der Waals surface area contributed by atoms with E-state index < -0.39 is 0 Å². The molecule has 4 aromatic rings. The lowest BCUT2D eigenvalue weighted by Gasteiger charge is -2.15. The molecule has 2 aromatic carbocycles. The molecule has 0 saturated carbocycles. The van der Waals surface area contributed by atoms with Crippen molar-refractivity contribution in [1.82, 2.24) is 19.7 Å². The Hall–Kier alpha value is -3.26. The number of aromatic hydroxyl groups is 2. The van der Waals surface area contributed by atoms with Gasteiger partial charge in [0, 0.05) is 17.5 Å². The highest BCUT2D eigenvalue weighted by Gasteiger charge is 2.20. The van der Waals surface area contributed by atoms with Crippen LogP contribution in [-0.4, -0.2) is 30.0 Å². The van der Waals surface area contributed by atoms with Crippen molar-refractivity contribution in [2.24, 2.45) is 0 Å². The molecule has 0 atom stereocenters. The van der Waals surface area contributed by atoms with Gasteiger partial charge in [0.2, 0.25) is 5.56 Å². The molecule has 142 valence electrons. The Labute approximate surface area is 165 Å². The first-order valence-corrected chi connectivity index (χ1v) is 9.03. The summed E-state index contributed by atoms with van der Waals surface area (Å²) in [4.78, 5) is 14.4. The summed E-state index contributed by atoms with van der Waals surface area (Å²) in [6.45, 7) is 5.54. The lowest BCUT2D eigenvalue weighted by Crippen LogP contribution is -2.05. The van der Waals surface area contributed by atoms with E-state index in [1.807, 2.05) is 20.8 Å². The monoisotopic (exact) mass is 394 g/mol. The first-order chi connectivity index (χ1) is 13.3. The fourth-order valence-electron chi connectivity index (χ4n) is 3.35. The van der Waals surface area contributed by atoms with E-state index >= 15 is 0 Å². The van der Waals surface area contributed by atoms with Gasteiger partial charge in [-0.1, -0.05) is 0 Å². The Morgan fingerprint density at radius 1 is 1.00 bits per heavy atom. The van der Waals surface area contributed by atoms with Gasteiger partial charge in [0.25, 0.3) is 0 Å². The van der Waals surface area contributed by atoms with Crippen molar-refractivity contribution in [3.05, 3.63) is 57.4 Å². The summed E-state index contributed by atoms with van der Waals surface area (Å²) < 4.78 is 1.72. The number of nitrogens with zero attached hydrogens (tertiary/aromatic N) is 3. The first-order valence-electron chi connectivity index (χ1n) is 8.59. The smallest absolute Gasteiger partial charge is 0.248 e. The topological polar surface area (TPSA) is 104 Å². The van der Waals surface area contributed by atoms with Crippen LogP contribution in [0.5, 0.6) is 11.5 Å². The lowest BCUT2D eigenvalue weighted by atomic mass is 10.0. The van der Waals surface area contributed by atoms with Crippen molar-refractivity contribution in [3.63, 3.8) is 0 Å². The Balaban J connectivity index is 2.02. The molecule has 0 aliphatic carbocycles. The van der Waals surface area contributed by atoms with Gasteiger partial charge in [0.1, 0.15) is 11.5 Å². The molecule has 28 heavy (non-hydrogen) atoms. The van der Waals surface area contributed by atoms with Crippen LogP contribution in [0.4, 0.5) is 0 Å². The van der Waals surface area contributed by atoms with Crippen LogP contribution in [-0.2, 0) is 0 Å². The fraction of sp³-hybridized carbons (Fsp3) is 0.150. The molecule has 0 spiro atoms. The number of aromatic nitrogens is 4. The number of H-pyrrole nitrogens is 1. The van der Waals surface area contributed by atoms with Gasteiger partial charge in [-0.05, 0) is 55.7 Å². The maximum Gasteiger partial charge on any atom is 0.248 e. The number of phenols is 2. The predicted molar refractivity (Wildman–Crippen MR) is 110 cm³/mol. The standard InChI is InChI=1S/C20H18N4O3S/c1-9-6-18(27)21-14-8-17(26)13(7-12(9)14)19-22-23-20(28)24(19)15-4-5-16(25)11(3)10(15)2/h4-8,25-26H,1-3H3,(H,21,27)(H,23,28). The number of pyridine rings is 1. The van der Waals surface area contributed by atoms with Crippen molar-refractivity contribution in [1.29, 1.82) is 0 Å². The zero-order chi connectivity index (χ0) is 20.2. The van der Waals surface area contributed by atoms with Crippen LogP contribution in [0.25, 0.3) is 28.0 Å². The van der Waals surface area contributed by atoms with E-state index in [-0.39, 0.29) is 17.1 Å². The third kappa shape index (κ3) is 2.73. The van der Waals surface area contributed by atoms with Crippen LogP contribution < -0.4 is 5.56 Å². The fourth-order valence-corrected chi connectivity index (χ4v) is 3.59. The zero-order valence-electron chi connectivity index (χ0n) is 15.5. The van der Waals surface area contributed by atoms with Crippen molar-refractivity contribution >= 4 is 23.5 Å². The SMILES string of the molecule is Cc1c(O)ccc(-n2c(S)nnc2-c2cc3c(C)cc(=O)[nH]c3cc2O)c1C. The summed E-state index contributed by atoms with van der Waals surface area (Å²) in [6, 6.07) is 8.14. The van der Waals surface area contributed by atoms with Crippen LogP contribution in [0.1, 0.15) is 16.7 Å². The molecule has 3 N–H and O–H groups in total. The third-order valence-electron chi connectivity index (χ3n) is 5.02. The normalized spacial score (nSPS) is 11.3. The molecule has 8 heteroatoms. The number of thiol groups is 1. The van der Waals surface area contributed by atoms with Gasteiger partial charge in [0.05, 0.1) is 16.8 Å². The van der Waals surface area contributed by atoms with Gasteiger partial charge in [-0.15, -0.1) is 22.8 Å². The number of hydrogen-bond acceptors (Lipinski definition) is 6. The number of phenolic OH excluding ortho intramolecular Hbond substituents is 2. The Morgan fingerprint density at radius 2 is 1.75 bits per heavy atom. The van der Waals surface area contributed by atoms with Crippen molar-refractivity contribution in [2.45, 2.75) is 25.9 Å². The minimum Gasteiger partial charge on any atom is -0.508 e. The predicted octanol–water partition coefficient (Wildman–Crippen LogP) is 3.40. The highest BCUT2D eigenvalue weighted by molar-refractivity contribution is 7.80. The summed E-state index contributed by atoms with van der Waals surface area (Å²) in [7, 11) is 0. The lowest BCUT2D eigenvalue weighted by molar-refractivity contribution is 0.470. The average Bonchev–Trinajstić information content (AvgIpc) is 3.00. The molecule has 4 rings (SSSR count). The van der Waals surface area contributed by atoms with Gasteiger partial charge < -0.3 is 15.2 Å². The van der Waals surface area contributed by atoms with Crippen molar-refractivity contribution < 1.29 is 10.2 Å². The van der Waals surface area contributed by atoms with Gasteiger partial charge in [-0.2, -0.15) is 0 Å². The molecule has 0 amide bonds. The second-order valence-corrected chi connectivity index (χ2v) is 7.14. The summed E-state index contributed by atoms with van der Waals surface area (Å²) in [5, 5.41) is 30.0. The van der Waals surface area contributed by atoms with Crippen LogP contribution in [0.15, 0.2) is 40.3 Å². The summed E-state index contributed by atoms with van der Waals surface area (Å²) in [5.74, 6) is 0.566.